The molecule has 0 spiro atoms. The number of aliphatic carboxylic acids is 1. The highest BCUT2D eigenvalue weighted by Gasteiger charge is 2.49. The number of nitrogens with zero attached hydrogens (tertiary/aromatic N) is 1. The highest BCUT2D eigenvalue weighted by molar-refractivity contribution is 5.79. The summed E-state index contributed by atoms with van der Waals surface area (Å²) in [7, 11) is 2.19. The molecule has 114 valence electrons. The number of carboxylic acid groups (broad SMARTS) is 1. The Morgan fingerprint density at radius 1 is 1.25 bits per heavy atom. The average Bonchev–Trinajstić information content (AvgIpc) is 2.91. The van der Waals surface area contributed by atoms with Gasteiger partial charge < -0.3 is 10.0 Å². The fourth-order valence-corrected chi connectivity index (χ4v) is 4.15. The number of carbonyl (C=O) groups is 1. The SMILES string of the molecule is CN(CC1CCCC1)C1CCC(NC2CC2)(C(=O)O)C1. The zero-order chi connectivity index (χ0) is 14.2. The summed E-state index contributed by atoms with van der Waals surface area (Å²) >= 11 is 0. The van der Waals surface area contributed by atoms with E-state index >= 15 is 0 Å². The standard InChI is InChI=1S/C16H28N2O2/c1-18(11-12-4-2-3-5-12)14-8-9-16(10-14,15(19)20)17-13-6-7-13/h12-14,17H,2-11H2,1H3,(H,19,20). The van der Waals surface area contributed by atoms with Crippen molar-refractivity contribution in [3.05, 3.63) is 0 Å². The van der Waals surface area contributed by atoms with E-state index in [4.69, 9.17) is 0 Å². The summed E-state index contributed by atoms with van der Waals surface area (Å²) in [6.07, 6.45) is 10.4. The number of hydrogen-bond acceptors (Lipinski definition) is 3. The summed E-state index contributed by atoms with van der Waals surface area (Å²) in [6, 6.07) is 0.905. The van der Waals surface area contributed by atoms with E-state index in [1.807, 2.05) is 0 Å². The fraction of sp³-hybridized carbons (Fsp3) is 0.938. The van der Waals surface area contributed by atoms with Crippen LogP contribution in [0.3, 0.4) is 0 Å². The Morgan fingerprint density at radius 3 is 2.55 bits per heavy atom. The Balaban J connectivity index is 1.57. The van der Waals surface area contributed by atoms with Gasteiger partial charge in [0.1, 0.15) is 5.54 Å². The molecule has 0 aromatic rings. The Kier molecular flexibility index (Phi) is 4.04. The van der Waals surface area contributed by atoms with Crippen LogP contribution in [-0.4, -0.2) is 47.2 Å². The first-order valence-corrected chi connectivity index (χ1v) is 8.30. The first-order valence-electron chi connectivity index (χ1n) is 8.30. The van der Waals surface area contributed by atoms with E-state index in [1.54, 1.807) is 0 Å². The smallest absolute Gasteiger partial charge is 0.323 e. The molecule has 0 radical (unpaired) electrons. The molecule has 0 aliphatic heterocycles. The van der Waals surface area contributed by atoms with Crippen LogP contribution in [0, 0.1) is 5.92 Å². The zero-order valence-corrected chi connectivity index (χ0v) is 12.6. The summed E-state index contributed by atoms with van der Waals surface area (Å²) in [6.45, 7) is 1.16. The molecule has 0 amide bonds. The summed E-state index contributed by atoms with van der Waals surface area (Å²) < 4.78 is 0. The van der Waals surface area contributed by atoms with Crippen molar-refractivity contribution in [1.82, 2.24) is 10.2 Å². The molecule has 0 aromatic heterocycles. The molecule has 0 bridgehead atoms. The molecule has 20 heavy (non-hydrogen) atoms. The number of nitrogens with one attached hydrogen (secondary N) is 1. The van der Waals surface area contributed by atoms with Crippen molar-refractivity contribution >= 4 is 5.97 Å². The predicted octanol–water partition coefficient (Wildman–Crippen LogP) is 2.24. The van der Waals surface area contributed by atoms with Gasteiger partial charge in [0.25, 0.3) is 0 Å². The minimum atomic E-state index is -0.643. The molecule has 3 aliphatic rings. The van der Waals surface area contributed by atoms with Crippen LogP contribution in [0.1, 0.15) is 57.8 Å². The van der Waals surface area contributed by atoms with Crippen LogP contribution in [0.25, 0.3) is 0 Å². The molecule has 0 saturated heterocycles. The minimum Gasteiger partial charge on any atom is -0.480 e. The lowest BCUT2D eigenvalue weighted by molar-refractivity contribution is -0.145. The highest BCUT2D eigenvalue weighted by atomic mass is 16.4. The van der Waals surface area contributed by atoms with E-state index in [1.165, 1.54) is 25.7 Å². The lowest BCUT2D eigenvalue weighted by Crippen LogP contribution is -2.52. The Hall–Kier alpha value is -0.610. The van der Waals surface area contributed by atoms with E-state index in [2.05, 4.69) is 17.3 Å². The van der Waals surface area contributed by atoms with Gasteiger partial charge in [-0.3, -0.25) is 10.1 Å². The maximum atomic E-state index is 11.7. The van der Waals surface area contributed by atoms with Gasteiger partial charge in [0.2, 0.25) is 0 Å². The number of rotatable bonds is 6. The molecule has 0 heterocycles. The third-order valence-corrected chi connectivity index (χ3v) is 5.60. The maximum absolute atomic E-state index is 11.7. The molecule has 3 rings (SSSR count). The van der Waals surface area contributed by atoms with Crippen molar-refractivity contribution in [3.8, 4) is 0 Å². The third kappa shape index (κ3) is 3.01. The Bertz CT molecular complexity index is 363. The molecule has 3 saturated carbocycles. The van der Waals surface area contributed by atoms with Gasteiger partial charge in [-0.05, 0) is 57.9 Å². The van der Waals surface area contributed by atoms with Crippen molar-refractivity contribution in [2.24, 2.45) is 5.92 Å². The van der Waals surface area contributed by atoms with Crippen molar-refractivity contribution in [3.63, 3.8) is 0 Å². The van der Waals surface area contributed by atoms with E-state index in [9.17, 15) is 9.90 Å². The van der Waals surface area contributed by atoms with Crippen LogP contribution < -0.4 is 5.32 Å². The molecular weight excluding hydrogens is 252 g/mol. The average molecular weight is 280 g/mol. The third-order valence-electron chi connectivity index (χ3n) is 5.60. The van der Waals surface area contributed by atoms with Gasteiger partial charge in [-0.15, -0.1) is 0 Å². The quantitative estimate of drug-likeness (QED) is 0.783. The van der Waals surface area contributed by atoms with Gasteiger partial charge in [-0.1, -0.05) is 12.8 Å². The van der Waals surface area contributed by atoms with E-state index in [0.717, 1.165) is 44.6 Å². The molecule has 4 nitrogen and oxygen atoms in total. The Morgan fingerprint density at radius 2 is 1.95 bits per heavy atom. The van der Waals surface area contributed by atoms with Crippen molar-refractivity contribution in [1.29, 1.82) is 0 Å². The van der Waals surface area contributed by atoms with Crippen LogP contribution in [0.15, 0.2) is 0 Å². The molecular formula is C16H28N2O2. The first-order chi connectivity index (χ1) is 9.59. The summed E-state index contributed by atoms with van der Waals surface area (Å²) in [5, 5.41) is 13.1. The molecule has 2 unspecified atom stereocenters. The summed E-state index contributed by atoms with van der Waals surface area (Å²) in [4.78, 5) is 14.2. The van der Waals surface area contributed by atoms with Crippen LogP contribution in [0.5, 0.6) is 0 Å². The lowest BCUT2D eigenvalue weighted by Gasteiger charge is -2.30. The number of hydrogen-bond donors (Lipinski definition) is 2. The molecule has 2 atom stereocenters. The minimum absolute atomic E-state index is 0.443. The monoisotopic (exact) mass is 280 g/mol. The highest BCUT2D eigenvalue weighted by Crippen LogP contribution is 2.37. The van der Waals surface area contributed by atoms with Crippen LogP contribution in [0.2, 0.25) is 0 Å². The zero-order valence-electron chi connectivity index (χ0n) is 12.6. The maximum Gasteiger partial charge on any atom is 0.323 e. The summed E-state index contributed by atoms with van der Waals surface area (Å²) in [5.74, 6) is 0.206. The Labute approximate surface area is 121 Å². The first kappa shape index (κ1) is 14.3. The topological polar surface area (TPSA) is 52.6 Å². The molecule has 0 aromatic carbocycles. The van der Waals surface area contributed by atoms with Crippen LogP contribution in [0.4, 0.5) is 0 Å². The lowest BCUT2D eigenvalue weighted by atomic mass is 9.97. The summed E-state index contributed by atoms with van der Waals surface area (Å²) in [5.41, 5.74) is -0.643. The fourth-order valence-electron chi connectivity index (χ4n) is 4.15. The largest absolute Gasteiger partial charge is 0.480 e. The molecule has 3 fully saturated rings. The van der Waals surface area contributed by atoms with E-state index < -0.39 is 11.5 Å². The second kappa shape index (κ2) is 5.64. The molecule has 2 N–H and O–H groups in total. The van der Waals surface area contributed by atoms with Crippen LogP contribution in [-0.2, 0) is 4.79 Å². The van der Waals surface area contributed by atoms with Gasteiger partial charge in [-0.2, -0.15) is 0 Å². The predicted molar refractivity (Wildman–Crippen MR) is 78.8 cm³/mol. The molecule has 3 aliphatic carbocycles. The van der Waals surface area contributed by atoms with Crippen LogP contribution >= 0.6 is 0 Å². The number of carboxylic acids is 1. The van der Waals surface area contributed by atoms with Gasteiger partial charge in [-0.25, -0.2) is 0 Å². The molecule has 4 heteroatoms. The van der Waals surface area contributed by atoms with Crippen molar-refractivity contribution in [2.45, 2.75) is 75.4 Å². The van der Waals surface area contributed by atoms with E-state index in [0.29, 0.717) is 12.1 Å². The van der Waals surface area contributed by atoms with Gasteiger partial charge in [0.05, 0.1) is 0 Å². The van der Waals surface area contributed by atoms with Gasteiger partial charge in [0, 0.05) is 18.6 Å². The van der Waals surface area contributed by atoms with Gasteiger partial charge >= 0.3 is 5.97 Å². The normalized spacial score (nSPS) is 35.0. The van der Waals surface area contributed by atoms with Crippen molar-refractivity contribution in [2.75, 3.05) is 13.6 Å². The van der Waals surface area contributed by atoms with E-state index in [-0.39, 0.29) is 0 Å². The second-order valence-electron chi connectivity index (χ2n) is 7.29. The van der Waals surface area contributed by atoms with Gasteiger partial charge in [0.15, 0.2) is 0 Å². The van der Waals surface area contributed by atoms with Crippen molar-refractivity contribution < 1.29 is 9.90 Å². The second-order valence-corrected chi connectivity index (χ2v) is 7.29.